The van der Waals surface area contributed by atoms with E-state index in [0.29, 0.717) is 6.08 Å². The average molecular weight is 633 g/mol. The van der Waals surface area contributed by atoms with Crippen molar-refractivity contribution in [3.05, 3.63) is 46.2 Å². The van der Waals surface area contributed by atoms with Gasteiger partial charge in [0.25, 0.3) is 0 Å². The Morgan fingerprint density at radius 1 is 0.978 bits per heavy atom. The molecular weight excluding hydrogens is 600 g/mol. The SMILES string of the molecule is COC(=O)c1c(OC2OC(C)C(O)C(OC)C2OC)cc2cc3c(c(O)c2c1C)C(=O)C1(O)C(=O)C=C(OC)C(O)C1(O)C3=O. The third-order valence-electron chi connectivity index (χ3n) is 8.78. The number of Topliss-reactive ketones (excluding diaryl/α,β-unsaturated/α-hetero) is 2. The number of aliphatic hydroxyl groups is 4. The second-order valence-electron chi connectivity index (χ2n) is 11.0. The van der Waals surface area contributed by atoms with E-state index >= 15 is 0 Å². The Labute approximate surface area is 255 Å². The molecule has 2 aromatic rings. The van der Waals surface area contributed by atoms with Crippen LogP contribution < -0.4 is 4.74 Å². The Hall–Kier alpha value is -3.96. The first-order valence-corrected chi connectivity index (χ1v) is 13.6. The van der Waals surface area contributed by atoms with E-state index in [9.17, 15) is 44.7 Å². The number of methoxy groups -OCH3 is 4. The van der Waals surface area contributed by atoms with Crippen LogP contribution in [0.3, 0.4) is 0 Å². The summed E-state index contributed by atoms with van der Waals surface area (Å²) in [5, 5.41) is 55.4. The fourth-order valence-electron chi connectivity index (χ4n) is 6.34. The molecule has 0 saturated carbocycles. The van der Waals surface area contributed by atoms with Crippen molar-refractivity contribution in [3.63, 3.8) is 0 Å². The van der Waals surface area contributed by atoms with Crippen LogP contribution in [0.4, 0.5) is 0 Å². The van der Waals surface area contributed by atoms with E-state index in [1.165, 1.54) is 27.2 Å². The number of carbonyl (C=O) groups is 4. The molecule has 15 heteroatoms. The highest BCUT2D eigenvalue weighted by atomic mass is 16.7. The van der Waals surface area contributed by atoms with Gasteiger partial charge in [-0.1, -0.05) is 0 Å². The van der Waals surface area contributed by atoms with Crippen LogP contribution in [0.2, 0.25) is 0 Å². The minimum absolute atomic E-state index is 0.000412. The minimum atomic E-state index is -3.52. The van der Waals surface area contributed by atoms with Gasteiger partial charge in [0.15, 0.2) is 6.10 Å². The van der Waals surface area contributed by atoms with Gasteiger partial charge in [-0.3, -0.25) is 14.4 Å². The molecule has 0 aromatic heterocycles. The number of phenols is 1. The first-order chi connectivity index (χ1) is 21.1. The van der Waals surface area contributed by atoms with E-state index in [-0.39, 0.29) is 27.6 Å². The quantitative estimate of drug-likeness (QED) is 0.199. The lowest BCUT2D eigenvalue weighted by atomic mass is 9.60. The van der Waals surface area contributed by atoms with Crippen LogP contribution in [-0.4, -0.2) is 125 Å². The highest BCUT2D eigenvalue weighted by Crippen LogP contribution is 2.49. The van der Waals surface area contributed by atoms with Gasteiger partial charge in [-0.05, 0) is 36.9 Å². The van der Waals surface area contributed by atoms with Gasteiger partial charge in [0.2, 0.25) is 34.8 Å². The highest BCUT2D eigenvalue weighted by molar-refractivity contribution is 6.35. The number of hydrogen-bond acceptors (Lipinski definition) is 15. The largest absolute Gasteiger partial charge is 0.507 e. The lowest BCUT2D eigenvalue weighted by Crippen LogP contribution is -2.76. The van der Waals surface area contributed by atoms with E-state index in [0.717, 1.165) is 20.3 Å². The molecule has 8 atom stereocenters. The van der Waals surface area contributed by atoms with Crippen LogP contribution in [0.25, 0.3) is 10.8 Å². The van der Waals surface area contributed by atoms with E-state index < -0.39 is 94.0 Å². The summed E-state index contributed by atoms with van der Waals surface area (Å²) in [4.78, 5) is 53.6. The van der Waals surface area contributed by atoms with Crippen molar-refractivity contribution < 1.29 is 73.1 Å². The molecule has 5 rings (SSSR count). The lowest BCUT2D eigenvalue weighted by Gasteiger charge is -2.47. The summed E-state index contributed by atoms with van der Waals surface area (Å²) in [6.07, 6.45) is -6.82. The molecule has 0 radical (unpaired) electrons. The number of esters is 1. The molecule has 1 heterocycles. The number of hydrogen-bond donors (Lipinski definition) is 5. The molecule has 1 fully saturated rings. The van der Waals surface area contributed by atoms with Crippen molar-refractivity contribution in [2.75, 3.05) is 28.4 Å². The number of aromatic hydroxyl groups is 1. The fraction of sp³-hybridized carbons (Fsp3) is 0.467. The molecule has 1 aliphatic heterocycles. The van der Waals surface area contributed by atoms with Gasteiger partial charge in [-0.15, -0.1) is 0 Å². The lowest BCUT2D eigenvalue weighted by molar-refractivity contribution is -0.278. The maximum absolute atomic E-state index is 13.8. The number of fused-ring (bicyclic) bond motifs is 3. The molecular formula is C30H32O15. The second-order valence-corrected chi connectivity index (χ2v) is 11.0. The third-order valence-corrected chi connectivity index (χ3v) is 8.78. The first-order valence-electron chi connectivity index (χ1n) is 13.6. The number of ketones is 3. The molecule has 15 nitrogen and oxygen atoms in total. The fourth-order valence-corrected chi connectivity index (χ4v) is 6.34. The topological polar surface area (TPSA) is 225 Å². The molecule has 45 heavy (non-hydrogen) atoms. The minimum Gasteiger partial charge on any atom is -0.507 e. The van der Waals surface area contributed by atoms with Gasteiger partial charge in [0, 0.05) is 31.2 Å². The molecule has 0 amide bonds. The predicted octanol–water partition coefficient (Wildman–Crippen LogP) is -0.530. The molecule has 2 aromatic carbocycles. The first kappa shape index (κ1) is 32.4. The summed E-state index contributed by atoms with van der Waals surface area (Å²) in [5.74, 6) is -7.07. The van der Waals surface area contributed by atoms with Gasteiger partial charge in [0.1, 0.15) is 41.1 Å². The Morgan fingerprint density at radius 2 is 1.62 bits per heavy atom. The predicted molar refractivity (Wildman–Crippen MR) is 149 cm³/mol. The summed E-state index contributed by atoms with van der Waals surface area (Å²) >= 11 is 0. The second kappa shape index (κ2) is 11.1. The van der Waals surface area contributed by atoms with Crippen molar-refractivity contribution in [2.45, 2.75) is 61.9 Å². The van der Waals surface area contributed by atoms with Crippen molar-refractivity contribution >= 4 is 34.1 Å². The van der Waals surface area contributed by atoms with Crippen LogP contribution in [-0.2, 0) is 28.5 Å². The molecule has 1 saturated heterocycles. The average Bonchev–Trinajstić information content (AvgIpc) is 3.01. The number of phenolic OH excluding ortho intramolecular Hbond substituents is 1. The monoisotopic (exact) mass is 632 g/mol. The van der Waals surface area contributed by atoms with Gasteiger partial charge in [-0.25, -0.2) is 4.79 Å². The molecule has 2 aliphatic carbocycles. The van der Waals surface area contributed by atoms with E-state index in [1.807, 2.05) is 0 Å². The maximum Gasteiger partial charge on any atom is 0.341 e. The Balaban J connectivity index is 1.75. The molecule has 3 aliphatic rings. The third kappa shape index (κ3) is 4.23. The summed E-state index contributed by atoms with van der Waals surface area (Å²) in [6, 6.07) is 2.30. The number of benzene rings is 2. The standard InChI is InChI=1S/C30H32O15/c1-10-17-12(8-14(18(10)27(37)43-6)45-28-23(42-5)22(41-4)20(32)11(2)44-28)7-13-19(21(17)33)26(36)29(38)16(31)9-15(40-3)25(35)30(29,39)24(13)34/h7-9,11,20,22-23,25,28,32-33,35,38-39H,1-6H3. The maximum atomic E-state index is 13.8. The summed E-state index contributed by atoms with van der Waals surface area (Å²) in [7, 11) is 4.83. The normalized spacial score (nSPS) is 32.9. The zero-order valence-electron chi connectivity index (χ0n) is 25.0. The molecule has 242 valence electrons. The van der Waals surface area contributed by atoms with Gasteiger partial charge in [0.05, 0.1) is 25.9 Å². The van der Waals surface area contributed by atoms with Crippen LogP contribution in [0.1, 0.15) is 43.6 Å². The van der Waals surface area contributed by atoms with Crippen molar-refractivity contribution in [1.82, 2.24) is 0 Å². The van der Waals surface area contributed by atoms with Gasteiger partial charge >= 0.3 is 5.97 Å². The van der Waals surface area contributed by atoms with E-state index in [1.54, 1.807) is 6.92 Å². The zero-order chi connectivity index (χ0) is 33.3. The highest BCUT2D eigenvalue weighted by Gasteiger charge is 2.73. The number of rotatable bonds is 6. The smallest absolute Gasteiger partial charge is 0.341 e. The van der Waals surface area contributed by atoms with E-state index in [2.05, 4.69) is 0 Å². The van der Waals surface area contributed by atoms with Gasteiger partial charge < -0.3 is 54.0 Å². The van der Waals surface area contributed by atoms with Crippen LogP contribution in [0.15, 0.2) is 24.0 Å². The van der Waals surface area contributed by atoms with Crippen molar-refractivity contribution in [3.8, 4) is 11.5 Å². The van der Waals surface area contributed by atoms with Crippen LogP contribution >= 0.6 is 0 Å². The van der Waals surface area contributed by atoms with Crippen LogP contribution in [0.5, 0.6) is 11.5 Å². The Morgan fingerprint density at radius 3 is 2.20 bits per heavy atom. The number of ether oxygens (including phenoxy) is 6. The Kier molecular flexibility index (Phi) is 8.02. The molecule has 5 N–H and O–H groups in total. The summed E-state index contributed by atoms with van der Waals surface area (Å²) in [6.45, 7) is 2.95. The van der Waals surface area contributed by atoms with Crippen LogP contribution in [0, 0.1) is 6.92 Å². The number of carbonyl (C=O) groups excluding carboxylic acids is 4. The molecule has 0 spiro atoms. The van der Waals surface area contributed by atoms with E-state index in [4.69, 9.17) is 28.4 Å². The van der Waals surface area contributed by atoms with Crippen molar-refractivity contribution in [1.29, 1.82) is 0 Å². The Bertz CT molecular complexity index is 1660. The summed E-state index contributed by atoms with van der Waals surface area (Å²) < 4.78 is 32.6. The number of aliphatic hydroxyl groups excluding tert-OH is 2. The van der Waals surface area contributed by atoms with Crippen molar-refractivity contribution in [2.24, 2.45) is 0 Å². The molecule has 0 bridgehead atoms. The van der Waals surface area contributed by atoms with Gasteiger partial charge in [-0.2, -0.15) is 0 Å². The summed E-state index contributed by atoms with van der Waals surface area (Å²) in [5.41, 5.74) is -8.62. The zero-order valence-corrected chi connectivity index (χ0v) is 25.0. The molecule has 8 unspecified atom stereocenters. The number of aryl methyl sites for hydroxylation is 1.